The van der Waals surface area contributed by atoms with Crippen LogP contribution in [0.4, 0.5) is 5.69 Å². The van der Waals surface area contributed by atoms with Gasteiger partial charge in [0, 0.05) is 16.5 Å². The molecule has 24 heavy (non-hydrogen) atoms. The molecule has 0 bridgehead atoms. The highest BCUT2D eigenvalue weighted by molar-refractivity contribution is 7.97. The van der Waals surface area contributed by atoms with Crippen molar-refractivity contribution in [1.82, 2.24) is 0 Å². The van der Waals surface area contributed by atoms with Gasteiger partial charge in [-0.05, 0) is 54.8 Å². The lowest BCUT2D eigenvalue weighted by Crippen LogP contribution is -2.35. The van der Waals surface area contributed by atoms with Crippen LogP contribution in [0.1, 0.15) is 64.2 Å². The van der Waals surface area contributed by atoms with Crippen molar-refractivity contribution in [3.8, 4) is 0 Å². The fraction of sp³-hybridized carbons (Fsp3) is 0.650. The molecular weight excluding hydrogens is 316 g/mol. The van der Waals surface area contributed by atoms with E-state index >= 15 is 0 Å². The van der Waals surface area contributed by atoms with E-state index in [1.165, 1.54) is 69.7 Å². The molecule has 0 radical (unpaired) electrons. The molecule has 4 heteroatoms. The van der Waals surface area contributed by atoms with E-state index in [4.69, 9.17) is 5.14 Å². The van der Waals surface area contributed by atoms with Crippen molar-refractivity contribution in [2.75, 3.05) is 5.32 Å². The van der Waals surface area contributed by atoms with Gasteiger partial charge in [0.15, 0.2) is 0 Å². The summed E-state index contributed by atoms with van der Waals surface area (Å²) in [4.78, 5) is 13.9. The lowest BCUT2D eigenvalue weighted by atomic mass is 9.70. The molecule has 2 fully saturated rings. The summed E-state index contributed by atoms with van der Waals surface area (Å²) in [6.45, 7) is 0. The summed E-state index contributed by atoms with van der Waals surface area (Å²) < 4.78 is 0. The van der Waals surface area contributed by atoms with E-state index in [0.717, 1.165) is 22.9 Å². The maximum absolute atomic E-state index is 13.0. The number of carbonyl (C=O) groups is 1. The highest BCUT2D eigenvalue weighted by Gasteiger charge is 2.36. The monoisotopic (exact) mass is 346 g/mol. The van der Waals surface area contributed by atoms with Crippen LogP contribution < -0.4 is 10.5 Å². The molecule has 0 aromatic heterocycles. The van der Waals surface area contributed by atoms with Gasteiger partial charge in [0.2, 0.25) is 5.91 Å². The van der Waals surface area contributed by atoms with Gasteiger partial charge >= 0.3 is 0 Å². The number of anilines is 1. The molecule has 2 aliphatic carbocycles. The van der Waals surface area contributed by atoms with E-state index in [0.29, 0.717) is 5.92 Å². The normalized spacial score (nSPS) is 25.9. The van der Waals surface area contributed by atoms with Crippen molar-refractivity contribution in [2.24, 2.45) is 22.9 Å². The second-order valence-electron chi connectivity index (χ2n) is 7.44. The van der Waals surface area contributed by atoms with Gasteiger partial charge in [-0.2, -0.15) is 0 Å². The Bertz CT molecular complexity index is 540. The second kappa shape index (κ2) is 8.91. The minimum Gasteiger partial charge on any atom is -0.326 e. The lowest BCUT2D eigenvalue weighted by Gasteiger charge is -2.36. The number of hydrogen-bond donors (Lipinski definition) is 2. The van der Waals surface area contributed by atoms with Gasteiger partial charge in [-0.25, -0.2) is 0 Å². The summed E-state index contributed by atoms with van der Waals surface area (Å²) >= 11 is 1.22. The number of nitrogens with two attached hydrogens (primary N) is 1. The summed E-state index contributed by atoms with van der Waals surface area (Å²) in [5, 5.41) is 8.79. The van der Waals surface area contributed by atoms with E-state index in [2.05, 4.69) is 5.32 Å². The Kier molecular flexibility index (Phi) is 6.61. The van der Waals surface area contributed by atoms with E-state index < -0.39 is 0 Å². The third-order valence-electron chi connectivity index (χ3n) is 5.90. The predicted octanol–water partition coefficient (Wildman–Crippen LogP) is 5.37. The van der Waals surface area contributed by atoms with Crippen LogP contribution >= 0.6 is 11.9 Å². The fourth-order valence-electron chi connectivity index (χ4n) is 4.67. The lowest BCUT2D eigenvalue weighted by molar-refractivity contribution is -0.123. The molecule has 2 saturated carbocycles. The molecule has 1 aromatic rings. The van der Waals surface area contributed by atoms with Crippen molar-refractivity contribution in [1.29, 1.82) is 0 Å². The van der Waals surface area contributed by atoms with Gasteiger partial charge in [-0.1, -0.05) is 57.4 Å². The number of amides is 1. The molecular formula is C20H30N2OS. The second-order valence-corrected chi connectivity index (χ2v) is 8.15. The number of rotatable bonds is 4. The van der Waals surface area contributed by atoms with Crippen LogP contribution in [-0.2, 0) is 4.79 Å². The third-order valence-corrected chi connectivity index (χ3v) is 6.43. The molecule has 0 unspecified atom stereocenters. The van der Waals surface area contributed by atoms with Crippen LogP contribution in [0.15, 0.2) is 29.2 Å². The van der Waals surface area contributed by atoms with Crippen LogP contribution in [0.2, 0.25) is 0 Å². The number of benzene rings is 1. The summed E-state index contributed by atoms with van der Waals surface area (Å²) in [5.41, 5.74) is 0.876. The van der Waals surface area contributed by atoms with Crippen molar-refractivity contribution in [3.05, 3.63) is 24.3 Å². The molecule has 3 rings (SSSR count). The maximum atomic E-state index is 13.0. The Morgan fingerprint density at radius 3 is 2.46 bits per heavy atom. The van der Waals surface area contributed by atoms with Crippen molar-refractivity contribution in [2.45, 2.75) is 69.1 Å². The van der Waals surface area contributed by atoms with E-state index in [-0.39, 0.29) is 11.8 Å². The van der Waals surface area contributed by atoms with Crippen LogP contribution in [0.3, 0.4) is 0 Å². The smallest absolute Gasteiger partial charge is 0.227 e. The standard InChI is InChI=1S/C20H30N2OS/c21-24-17-11-7-10-16(14-17)22-20(23)19-13-6-5-12-18(19)15-8-3-1-2-4-9-15/h7,10-11,14-15,18-19H,1-6,8-9,12-13,21H2,(H,22,23)/t18-,19+/m0/s1. The SMILES string of the molecule is NSc1cccc(NC(=O)[C@@H]2CCCC[C@H]2C2CCCCCC2)c1. The Hall–Kier alpha value is -1.00. The molecule has 2 atom stereocenters. The van der Waals surface area contributed by atoms with E-state index in [9.17, 15) is 4.79 Å². The summed E-state index contributed by atoms with van der Waals surface area (Å²) in [5.74, 6) is 1.76. The van der Waals surface area contributed by atoms with E-state index in [1.807, 2.05) is 24.3 Å². The molecule has 0 aliphatic heterocycles. The quantitative estimate of drug-likeness (QED) is 0.569. The average Bonchev–Trinajstić information content (AvgIpc) is 2.91. The molecule has 132 valence electrons. The van der Waals surface area contributed by atoms with Crippen molar-refractivity contribution >= 4 is 23.5 Å². The number of carbonyl (C=O) groups excluding carboxylic acids is 1. The van der Waals surface area contributed by atoms with Crippen LogP contribution in [0.5, 0.6) is 0 Å². The Morgan fingerprint density at radius 1 is 1.00 bits per heavy atom. The van der Waals surface area contributed by atoms with E-state index in [1.54, 1.807) is 0 Å². The van der Waals surface area contributed by atoms with Gasteiger partial charge < -0.3 is 5.32 Å². The number of hydrogen-bond acceptors (Lipinski definition) is 3. The number of nitrogens with one attached hydrogen (secondary N) is 1. The molecule has 1 aromatic carbocycles. The zero-order valence-electron chi connectivity index (χ0n) is 14.5. The third kappa shape index (κ3) is 4.54. The van der Waals surface area contributed by atoms with Gasteiger partial charge in [0.25, 0.3) is 0 Å². The first-order chi connectivity index (χ1) is 11.8. The predicted molar refractivity (Wildman–Crippen MR) is 102 cm³/mol. The first-order valence-electron chi connectivity index (χ1n) is 9.55. The van der Waals surface area contributed by atoms with Crippen LogP contribution in [0.25, 0.3) is 0 Å². The molecule has 3 nitrogen and oxygen atoms in total. The Balaban J connectivity index is 1.68. The van der Waals surface area contributed by atoms with Crippen molar-refractivity contribution in [3.63, 3.8) is 0 Å². The summed E-state index contributed by atoms with van der Waals surface area (Å²) in [6.07, 6.45) is 12.9. The fourth-order valence-corrected chi connectivity index (χ4v) is 5.02. The summed E-state index contributed by atoms with van der Waals surface area (Å²) in [6, 6.07) is 7.84. The average molecular weight is 347 g/mol. The summed E-state index contributed by atoms with van der Waals surface area (Å²) in [7, 11) is 0. The highest BCUT2D eigenvalue weighted by Crippen LogP contribution is 2.41. The molecule has 3 N–H and O–H groups in total. The topological polar surface area (TPSA) is 55.1 Å². The Morgan fingerprint density at radius 2 is 1.71 bits per heavy atom. The largest absolute Gasteiger partial charge is 0.326 e. The molecule has 0 heterocycles. The zero-order valence-corrected chi connectivity index (χ0v) is 15.3. The van der Waals surface area contributed by atoms with Gasteiger partial charge in [-0.3, -0.25) is 9.93 Å². The van der Waals surface area contributed by atoms with Crippen molar-refractivity contribution < 1.29 is 4.79 Å². The molecule has 1 amide bonds. The molecule has 0 spiro atoms. The zero-order chi connectivity index (χ0) is 16.8. The maximum Gasteiger partial charge on any atom is 0.227 e. The minimum absolute atomic E-state index is 0.191. The van der Waals surface area contributed by atoms with Crippen LogP contribution in [-0.4, -0.2) is 5.91 Å². The molecule has 2 aliphatic rings. The van der Waals surface area contributed by atoms with Gasteiger partial charge in [0.1, 0.15) is 0 Å². The highest BCUT2D eigenvalue weighted by atomic mass is 32.2. The molecule has 0 saturated heterocycles. The first kappa shape index (κ1) is 17.8. The van der Waals surface area contributed by atoms with Gasteiger partial charge in [-0.15, -0.1) is 0 Å². The minimum atomic E-state index is 0.191. The van der Waals surface area contributed by atoms with Gasteiger partial charge in [0.05, 0.1) is 0 Å². The first-order valence-corrected chi connectivity index (χ1v) is 10.4. The Labute approximate surface area is 150 Å². The van der Waals surface area contributed by atoms with Crippen LogP contribution in [0, 0.1) is 17.8 Å².